The third-order valence-corrected chi connectivity index (χ3v) is 4.38. The molecule has 0 unspecified atom stereocenters. The Morgan fingerprint density at radius 2 is 1.92 bits per heavy atom. The van der Waals surface area contributed by atoms with E-state index in [2.05, 4.69) is 0 Å². The lowest BCUT2D eigenvalue weighted by molar-refractivity contribution is -0.123. The summed E-state index contributed by atoms with van der Waals surface area (Å²) in [4.78, 5) is 12.7. The molecule has 10 heteroatoms. The van der Waals surface area contributed by atoms with Crippen LogP contribution in [0.5, 0.6) is 5.75 Å². The first-order valence-electron chi connectivity index (χ1n) is 6.70. The van der Waals surface area contributed by atoms with Crippen molar-refractivity contribution in [1.82, 2.24) is 10.3 Å². The number of amides is 1. The summed E-state index contributed by atoms with van der Waals surface area (Å²) in [5.41, 5.74) is 2.33. The number of carbonyl (C=O) groups is 1. The highest BCUT2D eigenvalue weighted by Gasteiger charge is 2.20. The second-order valence-corrected chi connectivity index (χ2v) is 6.74. The molecular formula is C15H11ClFN3O4S. The minimum absolute atomic E-state index is 0.0382. The fourth-order valence-corrected chi connectivity index (χ4v) is 2.76. The van der Waals surface area contributed by atoms with Crippen LogP contribution in [0.1, 0.15) is 5.56 Å². The van der Waals surface area contributed by atoms with E-state index in [0.29, 0.717) is 11.3 Å². The minimum Gasteiger partial charge on any atom is -0.484 e. The molecule has 1 amide bonds. The minimum atomic E-state index is -4.30. The van der Waals surface area contributed by atoms with Crippen LogP contribution in [0, 0.1) is 17.1 Å². The molecule has 2 aromatic carbocycles. The summed E-state index contributed by atoms with van der Waals surface area (Å²) in [6.07, 6.45) is 0. The predicted octanol–water partition coefficient (Wildman–Crippen LogP) is 1.74. The summed E-state index contributed by atoms with van der Waals surface area (Å²) in [5.74, 6) is -1.54. The molecule has 0 saturated heterocycles. The van der Waals surface area contributed by atoms with Crippen molar-refractivity contribution in [2.24, 2.45) is 0 Å². The molecule has 2 aromatic rings. The van der Waals surface area contributed by atoms with Gasteiger partial charge in [0.1, 0.15) is 16.5 Å². The van der Waals surface area contributed by atoms with Crippen molar-refractivity contribution in [1.29, 1.82) is 5.26 Å². The Bertz CT molecular complexity index is 927. The Morgan fingerprint density at radius 1 is 1.24 bits per heavy atom. The van der Waals surface area contributed by atoms with Crippen LogP contribution in [0.3, 0.4) is 0 Å². The van der Waals surface area contributed by atoms with Crippen LogP contribution in [0.25, 0.3) is 0 Å². The summed E-state index contributed by atoms with van der Waals surface area (Å²) < 4.78 is 42.6. The molecule has 130 valence electrons. The third-order valence-electron chi connectivity index (χ3n) is 2.86. The van der Waals surface area contributed by atoms with Gasteiger partial charge < -0.3 is 4.74 Å². The SMILES string of the molecule is N#Cc1ccc(OCC(=O)NNS(=O)(=O)c2ccc(Cl)cc2F)cc1. The molecule has 0 bridgehead atoms. The molecule has 7 nitrogen and oxygen atoms in total. The Balaban J connectivity index is 1.91. The molecule has 0 aliphatic carbocycles. The monoisotopic (exact) mass is 383 g/mol. The standard InChI is InChI=1S/C15H11ClFN3O4S/c16-11-3-6-14(13(17)7-11)25(22,23)20-19-15(21)9-24-12-4-1-10(8-18)2-5-12/h1-7,20H,9H2,(H,19,21). The summed E-state index contributed by atoms with van der Waals surface area (Å²) in [6, 6.07) is 10.9. The number of hydrogen-bond donors (Lipinski definition) is 2. The molecule has 0 aromatic heterocycles. The number of nitriles is 1. The van der Waals surface area contributed by atoms with Gasteiger partial charge in [-0.2, -0.15) is 5.26 Å². The maximum absolute atomic E-state index is 13.6. The quantitative estimate of drug-likeness (QED) is 0.738. The van der Waals surface area contributed by atoms with E-state index in [4.69, 9.17) is 21.6 Å². The van der Waals surface area contributed by atoms with Gasteiger partial charge in [-0.25, -0.2) is 12.8 Å². The Labute approximate surface area is 148 Å². The molecule has 25 heavy (non-hydrogen) atoms. The molecule has 0 spiro atoms. The Hall–Kier alpha value is -2.67. The van der Waals surface area contributed by atoms with Crippen molar-refractivity contribution in [3.63, 3.8) is 0 Å². The zero-order valence-corrected chi connectivity index (χ0v) is 14.1. The molecule has 2 N–H and O–H groups in total. The maximum atomic E-state index is 13.6. The van der Waals surface area contributed by atoms with E-state index in [9.17, 15) is 17.6 Å². The largest absolute Gasteiger partial charge is 0.484 e. The van der Waals surface area contributed by atoms with Crippen LogP contribution < -0.4 is 15.0 Å². The molecule has 0 atom stereocenters. The fraction of sp³-hybridized carbons (Fsp3) is 0.0667. The number of hydrazine groups is 1. The van der Waals surface area contributed by atoms with Gasteiger partial charge in [0.2, 0.25) is 0 Å². The summed E-state index contributed by atoms with van der Waals surface area (Å²) in [7, 11) is -4.30. The van der Waals surface area contributed by atoms with Gasteiger partial charge in [0.05, 0.1) is 11.6 Å². The highest BCUT2D eigenvalue weighted by molar-refractivity contribution is 7.89. The summed E-state index contributed by atoms with van der Waals surface area (Å²) in [6.45, 7) is -0.489. The number of rotatable bonds is 6. The van der Waals surface area contributed by atoms with Crippen LogP contribution in [0.2, 0.25) is 5.02 Å². The second-order valence-electron chi connectivity index (χ2n) is 4.65. The number of nitrogens with zero attached hydrogens (tertiary/aromatic N) is 1. The number of ether oxygens (including phenoxy) is 1. The van der Waals surface area contributed by atoms with Gasteiger partial charge in [0.25, 0.3) is 15.9 Å². The Kier molecular flexibility index (Phi) is 5.93. The number of hydrogen-bond acceptors (Lipinski definition) is 5. The number of sulfonamides is 1. The van der Waals surface area contributed by atoms with Crippen LogP contribution in [0.15, 0.2) is 47.4 Å². The van der Waals surface area contributed by atoms with Crippen LogP contribution in [-0.2, 0) is 14.8 Å². The van der Waals surface area contributed by atoms with Gasteiger partial charge in [-0.15, -0.1) is 4.83 Å². The van der Waals surface area contributed by atoms with Crippen LogP contribution in [0.4, 0.5) is 4.39 Å². The van der Waals surface area contributed by atoms with Crippen LogP contribution >= 0.6 is 11.6 Å². The van der Waals surface area contributed by atoms with Crippen LogP contribution in [-0.4, -0.2) is 20.9 Å². The molecular weight excluding hydrogens is 373 g/mol. The van der Waals surface area contributed by atoms with E-state index in [1.54, 1.807) is 4.83 Å². The highest BCUT2D eigenvalue weighted by Crippen LogP contribution is 2.18. The van der Waals surface area contributed by atoms with E-state index >= 15 is 0 Å². The first-order valence-corrected chi connectivity index (χ1v) is 8.56. The first-order chi connectivity index (χ1) is 11.8. The molecule has 0 aliphatic rings. The zero-order valence-electron chi connectivity index (χ0n) is 12.5. The van der Waals surface area contributed by atoms with Crippen molar-refractivity contribution in [2.75, 3.05) is 6.61 Å². The van der Waals surface area contributed by atoms with Gasteiger partial charge in [-0.3, -0.25) is 10.2 Å². The molecule has 0 aliphatic heterocycles. The molecule has 0 heterocycles. The van der Waals surface area contributed by atoms with Gasteiger partial charge in [0.15, 0.2) is 6.61 Å². The van der Waals surface area contributed by atoms with Crippen molar-refractivity contribution in [3.05, 3.63) is 58.9 Å². The van der Waals surface area contributed by atoms with Crippen molar-refractivity contribution < 1.29 is 22.3 Å². The highest BCUT2D eigenvalue weighted by atomic mass is 35.5. The van der Waals surface area contributed by atoms with Gasteiger partial charge >= 0.3 is 0 Å². The number of nitrogens with one attached hydrogen (secondary N) is 2. The Morgan fingerprint density at radius 3 is 2.52 bits per heavy atom. The smallest absolute Gasteiger partial charge is 0.272 e. The molecule has 0 radical (unpaired) electrons. The number of benzene rings is 2. The maximum Gasteiger partial charge on any atom is 0.272 e. The van der Waals surface area contributed by atoms with Crippen molar-refractivity contribution >= 4 is 27.5 Å². The second kappa shape index (κ2) is 7.94. The van der Waals surface area contributed by atoms with E-state index < -0.39 is 33.3 Å². The lowest BCUT2D eigenvalue weighted by atomic mass is 10.2. The predicted molar refractivity (Wildman–Crippen MR) is 86.5 cm³/mol. The van der Waals surface area contributed by atoms with E-state index in [-0.39, 0.29) is 5.02 Å². The number of halogens is 2. The lowest BCUT2D eigenvalue weighted by Crippen LogP contribution is -2.43. The summed E-state index contributed by atoms with van der Waals surface area (Å²) in [5, 5.41) is 8.71. The van der Waals surface area contributed by atoms with E-state index in [1.165, 1.54) is 30.3 Å². The molecule has 2 rings (SSSR count). The molecule has 0 fully saturated rings. The van der Waals surface area contributed by atoms with E-state index in [1.807, 2.05) is 11.5 Å². The van der Waals surface area contributed by atoms with Crippen molar-refractivity contribution in [3.8, 4) is 11.8 Å². The van der Waals surface area contributed by atoms with Gasteiger partial charge in [-0.05, 0) is 42.5 Å². The van der Waals surface area contributed by atoms with Gasteiger partial charge in [0, 0.05) is 5.02 Å². The normalized spacial score (nSPS) is 10.8. The van der Waals surface area contributed by atoms with Gasteiger partial charge in [-0.1, -0.05) is 11.6 Å². The van der Waals surface area contributed by atoms with E-state index in [0.717, 1.165) is 12.1 Å². The topological polar surface area (TPSA) is 108 Å². The first kappa shape index (κ1) is 18.7. The average Bonchev–Trinajstić information content (AvgIpc) is 2.58. The van der Waals surface area contributed by atoms with Crippen molar-refractivity contribution in [2.45, 2.75) is 4.90 Å². The lowest BCUT2D eigenvalue weighted by Gasteiger charge is -2.10. The average molecular weight is 384 g/mol. The number of carbonyl (C=O) groups excluding carboxylic acids is 1. The zero-order chi connectivity index (χ0) is 18.4. The third kappa shape index (κ3) is 5.15. The summed E-state index contributed by atoms with van der Waals surface area (Å²) >= 11 is 5.55. The fourth-order valence-electron chi connectivity index (χ4n) is 1.68. The molecule has 0 saturated carbocycles.